The highest BCUT2D eigenvalue weighted by Crippen LogP contribution is 2.24. The number of aryl methyl sites for hydroxylation is 1. The summed E-state index contributed by atoms with van der Waals surface area (Å²) in [6.07, 6.45) is 3.66. The number of carbonyl (C=O) groups is 2. The number of hydrogen-bond acceptors (Lipinski definition) is 3. The summed E-state index contributed by atoms with van der Waals surface area (Å²) in [4.78, 5) is 23.0. The molecule has 5 heteroatoms. The highest BCUT2D eigenvalue weighted by Gasteiger charge is 2.31. The molecule has 1 aliphatic heterocycles. The second-order valence-corrected chi connectivity index (χ2v) is 5.80. The fourth-order valence-corrected chi connectivity index (χ4v) is 2.76. The van der Waals surface area contributed by atoms with E-state index in [1.54, 1.807) is 24.3 Å². The highest BCUT2D eigenvalue weighted by molar-refractivity contribution is 5.87. The molecule has 1 aliphatic rings. The van der Waals surface area contributed by atoms with Crippen molar-refractivity contribution in [2.45, 2.75) is 44.6 Å². The van der Waals surface area contributed by atoms with Crippen molar-refractivity contribution in [2.75, 3.05) is 13.2 Å². The van der Waals surface area contributed by atoms with E-state index in [0.29, 0.717) is 26.1 Å². The van der Waals surface area contributed by atoms with Gasteiger partial charge in [0.05, 0.1) is 5.56 Å². The molecular weight excluding hydrogens is 282 g/mol. The van der Waals surface area contributed by atoms with Gasteiger partial charge < -0.3 is 15.2 Å². The predicted molar refractivity (Wildman–Crippen MR) is 82.9 cm³/mol. The van der Waals surface area contributed by atoms with Crippen LogP contribution in [-0.4, -0.2) is 35.7 Å². The smallest absolute Gasteiger partial charge is 0.335 e. The molecule has 1 saturated heterocycles. The van der Waals surface area contributed by atoms with Gasteiger partial charge in [-0.05, 0) is 43.4 Å². The molecule has 0 radical (unpaired) electrons. The minimum atomic E-state index is -0.936. The molecule has 0 unspecified atom stereocenters. The maximum atomic E-state index is 12.2. The van der Waals surface area contributed by atoms with Crippen LogP contribution in [0, 0.1) is 0 Å². The minimum Gasteiger partial charge on any atom is -0.478 e. The third kappa shape index (κ3) is 4.31. The van der Waals surface area contributed by atoms with Crippen molar-refractivity contribution in [2.24, 2.45) is 0 Å². The Morgan fingerprint density at radius 1 is 1.23 bits per heavy atom. The van der Waals surface area contributed by atoms with Crippen LogP contribution in [0.3, 0.4) is 0 Å². The SMILES string of the molecule is CCC1(NC(=O)CCc2ccc(C(=O)O)cc2)CCOCC1. The quantitative estimate of drug-likeness (QED) is 0.846. The first-order valence-corrected chi connectivity index (χ1v) is 7.76. The van der Waals surface area contributed by atoms with Gasteiger partial charge in [0, 0.05) is 25.2 Å². The first-order chi connectivity index (χ1) is 10.5. The van der Waals surface area contributed by atoms with E-state index in [1.807, 2.05) is 0 Å². The number of amides is 1. The Morgan fingerprint density at radius 2 is 1.86 bits per heavy atom. The van der Waals surface area contributed by atoms with Crippen LogP contribution in [0.1, 0.15) is 48.5 Å². The molecule has 0 spiro atoms. The lowest BCUT2D eigenvalue weighted by Gasteiger charge is -2.37. The zero-order chi connectivity index (χ0) is 16.0. The van der Waals surface area contributed by atoms with E-state index < -0.39 is 5.97 Å². The van der Waals surface area contributed by atoms with Gasteiger partial charge in [-0.3, -0.25) is 4.79 Å². The molecular formula is C17H23NO4. The van der Waals surface area contributed by atoms with Gasteiger partial charge in [0.15, 0.2) is 0 Å². The van der Waals surface area contributed by atoms with E-state index in [0.717, 1.165) is 24.8 Å². The van der Waals surface area contributed by atoms with Crippen molar-refractivity contribution in [3.8, 4) is 0 Å². The Morgan fingerprint density at radius 3 is 2.41 bits per heavy atom. The van der Waals surface area contributed by atoms with E-state index in [1.165, 1.54) is 0 Å². The first kappa shape index (κ1) is 16.5. The van der Waals surface area contributed by atoms with Crippen molar-refractivity contribution in [3.05, 3.63) is 35.4 Å². The van der Waals surface area contributed by atoms with Crippen LogP contribution in [0.15, 0.2) is 24.3 Å². The second kappa shape index (κ2) is 7.40. The van der Waals surface area contributed by atoms with Gasteiger partial charge >= 0.3 is 5.97 Å². The lowest BCUT2D eigenvalue weighted by molar-refractivity contribution is -0.124. The molecule has 1 aromatic rings. The Labute approximate surface area is 130 Å². The number of carbonyl (C=O) groups excluding carboxylic acids is 1. The molecule has 2 N–H and O–H groups in total. The number of aromatic carboxylic acids is 1. The maximum Gasteiger partial charge on any atom is 0.335 e. The zero-order valence-corrected chi connectivity index (χ0v) is 12.9. The van der Waals surface area contributed by atoms with Crippen LogP contribution in [0.2, 0.25) is 0 Å². The van der Waals surface area contributed by atoms with Crippen LogP contribution in [0.25, 0.3) is 0 Å². The Kier molecular flexibility index (Phi) is 5.55. The molecule has 5 nitrogen and oxygen atoms in total. The number of ether oxygens (including phenoxy) is 1. The van der Waals surface area contributed by atoms with Crippen molar-refractivity contribution in [1.29, 1.82) is 0 Å². The largest absolute Gasteiger partial charge is 0.478 e. The van der Waals surface area contributed by atoms with Crippen LogP contribution >= 0.6 is 0 Å². The fraction of sp³-hybridized carbons (Fsp3) is 0.529. The van der Waals surface area contributed by atoms with E-state index >= 15 is 0 Å². The molecule has 0 aliphatic carbocycles. The summed E-state index contributed by atoms with van der Waals surface area (Å²) in [7, 11) is 0. The van der Waals surface area contributed by atoms with Gasteiger partial charge in [-0.2, -0.15) is 0 Å². The molecule has 1 heterocycles. The summed E-state index contributed by atoms with van der Waals surface area (Å²) in [5.41, 5.74) is 1.11. The molecule has 1 aromatic carbocycles. The lowest BCUT2D eigenvalue weighted by atomic mass is 9.87. The monoisotopic (exact) mass is 305 g/mol. The highest BCUT2D eigenvalue weighted by atomic mass is 16.5. The summed E-state index contributed by atoms with van der Waals surface area (Å²) < 4.78 is 5.37. The molecule has 22 heavy (non-hydrogen) atoms. The van der Waals surface area contributed by atoms with E-state index in [-0.39, 0.29) is 17.0 Å². The molecule has 120 valence electrons. The number of nitrogens with one attached hydrogen (secondary N) is 1. The van der Waals surface area contributed by atoms with Crippen molar-refractivity contribution >= 4 is 11.9 Å². The summed E-state index contributed by atoms with van der Waals surface area (Å²) in [5.74, 6) is -0.889. The number of hydrogen-bond donors (Lipinski definition) is 2. The van der Waals surface area contributed by atoms with E-state index in [2.05, 4.69) is 12.2 Å². The summed E-state index contributed by atoms with van der Waals surface area (Å²) in [6, 6.07) is 6.67. The van der Waals surface area contributed by atoms with Gasteiger partial charge in [0.2, 0.25) is 5.91 Å². The van der Waals surface area contributed by atoms with Crippen LogP contribution in [-0.2, 0) is 16.0 Å². The van der Waals surface area contributed by atoms with Gasteiger partial charge in [-0.1, -0.05) is 19.1 Å². The molecule has 1 fully saturated rings. The van der Waals surface area contributed by atoms with Gasteiger partial charge in [0.1, 0.15) is 0 Å². The first-order valence-electron chi connectivity index (χ1n) is 7.76. The summed E-state index contributed by atoms with van der Waals surface area (Å²) >= 11 is 0. The normalized spacial score (nSPS) is 17.0. The van der Waals surface area contributed by atoms with Crippen LogP contribution < -0.4 is 5.32 Å². The van der Waals surface area contributed by atoms with Gasteiger partial charge in [-0.15, -0.1) is 0 Å². The maximum absolute atomic E-state index is 12.2. The summed E-state index contributed by atoms with van der Waals surface area (Å²) in [5, 5.41) is 12.0. The minimum absolute atomic E-state index is 0.0473. The fourth-order valence-electron chi connectivity index (χ4n) is 2.76. The summed E-state index contributed by atoms with van der Waals surface area (Å²) in [6.45, 7) is 3.49. The molecule has 0 aromatic heterocycles. The van der Waals surface area contributed by atoms with E-state index in [4.69, 9.17) is 9.84 Å². The number of benzene rings is 1. The van der Waals surface area contributed by atoms with Gasteiger partial charge in [-0.25, -0.2) is 4.79 Å². The van der Waals surface area contributed by atoms with Crippen LogP contribution in [0.5, 0.6) is 0 Å². The lowest BCUT2D eigenvalue weighted by Crippen LogP contribution is -2.51. The Hall–Kier alpha value is -1.88. The number of carboxylic acid groups (broad SMARTS) is 1. The average Bonchev–Trinajstić information content (AvgIpc) is 2.54. The van der Waals surface area contributed by atoms with Gasteiger partial charge in [0.25, 0.3) is 0 Å². The topological polar surface area (TPSA) is 75.6 Å². The van der Waals surface area contributed by atoms with Crippen molar-refractivity contribution < 1.29 is 19.4 Å². The average molecular weight is 305 g/mol. The van der Waals surface area contributed by atoms with Crippen molar-refractivity contribution in [1.82, 2.24) is 5.32 Å². The molecule has 2 rings (SSSR count). The molecule has 0 saturated carbocycles. The molecule has 0 atom stereocenters. The Bertz CT molecular complexity index is 518. The molecule has 1 amide bonds. The number of carboxylic acids is 1. The third-order valence-electron chi connectivity index (χ3n) is 4.37. The van der Waals surface area contributed by atoms with E-state index in [9.17, 15) is 9.59 Å². The predicted octanol–water partition coefficient (Wildman–Crippen LogP) is 2.39. The zero-order valence-electron chi connectivity index (χ0n) is 12.9. The van der Waals surface area contributed by atoms with Crippen LogP contribution in [0.4, 0.5) is 0 Å². The third-order valence-corrected chi connectivity index (χ3v) is 4.37. The second-order valence-electron chi connectivity index (χ2n) is 5.80. The standard InChI is InChI=1S/C17H23NO4/c1-2-17(9-11-22-12-10-17)18-15(19)8-5-13-3-6-14(7-4-13)16(20)21/h3-4,6-7H,2,5,8-12H2,1H3,(H,18,19)(H,20,21). The van der Waals surface area contributed by atoms with Crippen molar-refractivity contribution in [3.63, 3.8) is 0 Å². The molecule has 0 bridgehead atoms. The Balaban J connectivity index is 1.85. The number of rotatable bonds is 6.